The molecular formula is C21H19F4N3O2. The summed E-state index contributed by atoms with van der Waals surface area (Å²) in [6.07, 6.45) is -4.90. The summed E-state index contributed by atoms with van der Waals surface area (Å²) in [4.78, 5) is 16.6. The summed E-state index contributed by atoms with van der Waals surface area (Å²) in [5.41, 5.74) is 0.813. The van der Waals surface area contributed by atoms with E-state index in [1.807, 2.05) is 0 Å². The van der Waals surface area contributed by atoms with Crippen molar-refractivity contribution in [1.29, 1.82) is 0 Å². The van der Waals surface area contributed by atoms with Crippen LogP contribution in [0.1, 0.15) is 40.7 Å². The molecule has 30 heavy (non-hydrogen) atoms. The van der Waals surface area contributed by atoms with Crippen LogP contribution in [0.25, 0.3) is 11.3 Å². The Labute approximate surface area is 170 Å². The van der Waals surface area contributed by atoms with E-state index in [1.165, 1.54) is 24.3 Å². The number of carbonyl (C=O) groups is 1. The number of benzene rings is 1. The first-order chi connectivity index (χ1) is 14.1. The van der Waals surface area contributed by atoms with E-state index in [4.69, 9.17) is 0 Å². The number of hydrogen-bond acceptors (Lipinski definition) is 3. The Balaban J connectivity index is 1.97. The quantitative estimate of drug-likeness (QED) is 0.604. The Bertz CT molecular complexity index is 1050. The van der Waals surface area contributed by atoms with Crippen molar-refractivity contribution in [1.82, 2.24) is 14.9 Å². The largest absolute Gasteiger partial charge is 0.418 e. The molecule has 1 amide bonds. The number of hydrogen-bond donors (Lipinski definition) is 2. The zero-order valence-corrected chi connectivity index (χ0v) is 16.1. The molecule has 0 aliphatic heterocycles. The lowest BCUT2D eigenvalue weighted by atomic mass is 9.99. The maximum atomic E-state index is 13.1. The SMILES string of the molecule is C[C@@H](NC(=O)c1cc(-c2cccn2C)cc(C(O)C(F)(F)F)c1)c1ccc(F)cn1. The predicted octanol–water partition coefficient (Wildman–Crippen LogP) is 4.31. The van der Waals surface area contributed by atoms with Crippen molar-refractivity contribution in [2.75, 3.05) is 0 Å². The molecule has 0 radical (unpaired) electrons. The maximum absolute atomic E-state index is 13.1. The van der Waals surface area contributed by atoms with E-state index in [0.29, 0.717) is 17.0 Å². The minimum atomic E-state index is -4.88. The number of aliphatic hydroxyl groups is 1. The molecule has 0 aliphatic rings. The van der Waals surface area contributed by atoms with Crippen molar-refractivity contribution < 1.29 is 27.5 Å². The molecule has 1 aromatic carbocycles. The molecule has 2 atom stereocenters. The highest BCUT2D eigenvalue weighted by Gasteiger charge is 2.39. The molecule has 0 aliphatic carbocycles. The summed E-state index contributed by atoms with van der Waals surface area (Å²) in [7, 11) is 1.71. The summed E-state index contributed by atoms with van der Waals surface area (Å²) in [6.45, 7) is 1.62. The van der Waals surface area contributed by atoms with Crippen molar-refractivity contribution in [3.8, 4) is 11.3 Å². The normalized spacial score (nSPS) is 13.7. The minimum Gasteiger partial charge on any atom is -0.379 e. The third-order valence-corrected chi connectivity index (χ3v) is 4.62. The van der Waals surface area contributed by atoms with Crippen molar-refractivity contribution >= 4 is 5.91 Å². The van der Waals surface area contributed by atoms with Crippen LogP contribution in [0.3, 0.4) is 0 Å². The number of aryl methyl sites for hydroxylation is 1. The number of halogens is 4. The minimum absolute atomic E-state index is 0.0547. The molecule has 2 heterocycles. The topological polar surface area (TPSA) is 67.2 Å². The van der Waals surface area contributed by atoms with Crippen LogP contribution < -0.4 is 5.32 Å². The first kappa shape index (κ1) is 21.5. The first-order valence-electron chi connectivity index (χ1n) is 9.00. The molecule has 0 saturated carbocycles. The zero-order chi connectivity index (χ0) is 22.1. The predicted molar refractivity (Wildman–Crippen MR) is 102 cm³/mol. The van der Waals surface area contributed by atoms with Crippen LogP contribution in [-0.4, -0.2) is 26.7 Å². The van der Waals surface area contributed by atoms with Gasteiger partial charge in [-0.25, -0.2) is 4.39 Å². The van der Waals surface area contributed by atoms with Crippen molar-refractivity contribution in [3.63, 3.8) is 0 Å². The van der Waals surface area contributed by atoms with Gasteiger partial charge in [0.2, 0.25) is 0 Å². The fourth-order valence-electron chi connectivity index (χ4n) is 3.04. The number of carbonyl (C=O) groups excluding carboxylic acids is 1. The Hall–Kier alpha value is -3.20. The lowest BCUT2D eigenvalue weighted by Crippen LogP contribution is -2.28. The van der Waals surface area contributed by atoms with E-state index >= 15 is 0 Å². The van der Waals surface area contributed by atoms with Gasteiger partial charge in [-0.3, -0.25) is 9.78 Å². The van der Waals surface area contributed by atoms with Crippen LogP contribution in [0.5, 0.6) is 0 Å². The molecule has 2 aromatic heterocycles. The standard InChI is InChI=1S/C21H19F4N3O2/c1-12(17-6-5-16(22)11-26-17)27-20(30)15-9-13(18-4-3-7-28(18)2)8-14(10-15)19(29)21(23,24)25/h3-12,19,29H,1-2H3,(H,27,30)/t12-,19?/m1/s1. The van der Waals surface area contributed by atoms with Gasteiger partial charge in [0.1, 0.15) is 5.82 Å². The van der Waals surface area contributed by atoms with Crippen LogP contribution in [0.2, 0.25) is 0 Å². The molecule has 0 spiro atoms. The number of nitrogens with one attached hydrogen (secondary N) is 1. The monoisotopic (exact) mass is 421 g/mol. The number of aliphatic hydroxyl groups excluding tert-OH is 1. The summed E-state index contributed by atoms with van der Waals surface area (Å²) in [6, 6.07) is 9.03. The van der Waals surface area contributed by atoms with Crippen LogP contribution in [-0.2, 0) is 7.05 Å². The number of pyridine rings is 1. The molecule has 3 rings (SSSR count). The Kier molecular flexibility index (Phi) is 5.93. The molecule has 5 nitrogen and oxygen atoms in total. The molecule has 1 unspecified atom stereocenters. The van der Waals surface area contributed by atoms with Gasteiger partial charge < -0.3 is 15.0 Å². The van der Waals surface area contributed by atoms with Gasteiger partial charge >= 0.3 is 6.18 Å². The molecule has 158 valence electrons. The molecule has 9 heteroatoms. The molecule has 2 N–H and O–H groups in total. The molecule has 0 bridgehead atoms. The van der Waals surface area contributed by atoms with Gasteiger partial charge in [0.15, 0.2) is 6.10 Å². The van der Waals surface area contributed by atoms with Crippen LogP contribution >= 0.6 is 0 Å². The highest BCUT2D eigenvalue weighted by atomic mass is 19.4. The maximum Gasteiger partial charge on any atom is 0.418 e. The average Bonchev–Trinajstić information content (AvgIpc) is 3.12. The van der Waals surface area contributed by atoms with Crippen LogP contribution in [0, 0.1) is 5.82 Å². The van der Waals surface area contributed by atoms with Gasteiger partial charge in [-0.15, -0.1) is 0 Å². The second-order valence-corrected chi connectivity index (χ2v) is 6.89. The van der Waals surface area contributed by atoms with Gasteiger partial charge in [0, 0.05) is 24.5 Å². The highest BCUT2D eigenvalue weighted by molar-refractivity contribution is 5.96. The second kappa shape index (κ2) is 8.27. The van der Waals surface area contributed by atoms with Gasteiger partial charge in [0.25, 0.3) is 5.91 Å². The van der Waals surface area contributed by atoms with Gasteiger partial charge in [-0.05, 0) is 60.5 Å². The van der Waals surface area contributed by atoms with Crippen molar-refractivity contribution in [3.05, 3.63) is 77.5 Å². The Morgan fingerprint density at radius 3 is 2.50 bits per heavy atom. The summed E-state index contributed by atoms with van der Waals surface area (Å²) < 4.78 is 54.0. The molecule has 0 saturated heterocycles. The first-order valence-corrected chi connectivity index (χ1v) is 9.00. The van der Waals surface area contributed by atoms with E-state index < -0.39 is 35.6 Å². The van der Waals surface area contributed by atoms with Gasteiger partial charge in [0.05, 0.1) is 17.9 Å². The number of aromatic nitrogens is 2. The van der Waals surface area contributed by atoms with E-state index in [2.05, 4.69) is 10.3 Å². The average molecular weight is 421 g/mol. The third kappa shape index (κ3) is 4.68. The number of nitrogens with zero attached hydrogens (tertiary/aromatic N) is 2. The van der Waals surface area contributed by atoms with E-state index in [0.717, 1.165) is 12.3 Å². The fourth-order valence-corrected chi connectivity index (χ4v) is 3.04. The second-order valence-electron chi connectivity index (χ2n) is 6.89. The van der Waals surface area contributed by atoms with Crippen LogP contribution in [0.4, 0.5) is 17.6 Å². The third-order valence-electron chi connectivity index (χ3n) is 4.62. The van der Waals surface area contributed by atoms with Gasteiger partial charge in [-0.1, -0.05) is 0 Å². The number of rotatable bonds is 5. The lowest BCUT2D eigenvalue weighted by Gasteiger charge is -2.18. The zero-order valence-electron chi connectivity index (χ0n) is 16.1. The lowest BCUT2D eigenvalue weighted by molar-refractivity contribution is -0.206. The fraction of sp³-hybridized carbons (Fsp3) is 0.238. The van der Waals surface area contributed by atoms with E-state index in [1.54, 1.807) is 36.9 Å². The van der Waals surface area contributed by atoms with E-state index in [9.17, 15) is 27.5 Å². The summed E-state index contributed by atoms with van der Waals surface area (Å²) in [5, 5.41) is 12.4. The smallest absolute Gasteiger partial charge is 0.379 e. The Morgan fingerprint density at radius 2 is 1.93 bits per heavy atom. The molecular weight excluding hydrogens is 402 g/mol. The molecule has 0 fully saturated rings. The molecule has 3 aromatic rings. The number of alkyl halides is 3. The highest BCUT2D eigenvalue weighted by Crippen LogP contribution is 2.35. The van der Waals surface area contributed by atoms with Crippen molar-refractivity contribution in [2.45, 2.75) is 25.2 Å². The number of amides is 1. The van der Waals surface area contributed by atoms with E-state index in [-0.39, 0.29) is 5.56 Å². The summed E-state index contributed by atoms with van der Waals surface area (Å²) >= 11 is 0. The van der Waals surface area contributed by atoms with Gasteiger partial charge in [-0.2, -0.15) is 13.2 Å². The Morgan fingerprint density at radius 1 is 1.20 bits per heavy atom. The van der Waals surface area contributed by atoms with Crippen molar-refractivity contribution in [2.24, 2.45) is 7.05 Å². The van der Waals surface area contributed by atoms with Crippen LogP contribution in [0.15, 0.2) is 54.9 Å². The summed E-state index contributed by atoms with van der Waals surface area (Å²) in [5.74, 6) is -1.18.